The summed E-state index contributed by atoms with van der Waals surface area (Å²) in [5.74, 6) is 1.83. The molecule has 0 fully saturated rings. The number of rotatable bonds is 7. The number of fused-ring (bicyclic) bond motifs is 1. The molecular weight excluding hydrogens is 346 g/mol. The number of nitrogens with zero attached hydrogens (tertiary/aromatic N) is 2. The van der Waals surface area contributed by atoms with Gasteiger partial charge in [0.15, 0.2) is 11.5 Å². The molecule has 1 unspecified atom stereocenters. The van der Waals surface area contributed by atoms with Gasteiger partial charge in [0.1, 0.15) is 5.75 Å². The summed E-state index contributed by atoms with van der Waals surface area (Å²) in [7, 11) is 4.76. The summed E-state index contributed by atoms with van der Waals surface area (Å²) >= 11 is 0. The minimum absolute atomic E-state index is 0.0151. The standard InChI is InChI=1S/C20H27N3O4/c1-14-16-6-5-7-22(16)8-9-23(14)13-20(24)21-12-15-10-18(26-3)19(27-4)11-17(15)25-2/h5-7,10-11,14H,8-9,12-13H2,1-4H3,(H,21,24). The van der Waals surface area contributed by atoms with Crippen LogP contribution in [0.3, 0.4) is 0 Å². The van der Waals surface area contributed by atoms with Crippen LogP contribution in [-0.4, -0.2) is 49.8 Å². The average Bonchev–Trinajstić information content (AvgIpc) is 3.17. The second-order valence-electron chi connectivity index (χ2n) is 6.57. The molecule has 1 aromatic carbocycles. The molecule has 1 aromatic heterocycles. The molecule has 1 amide bonds. The maximum atomic E-state index is 12.5. The Kier molecular flexibility index (Phi) is 5.91. The van der Waals surface area contributed by atoms with Crippen LogP contribution in [0.25, 0.3) is 0 Å². The van der Waals surface area contributed by atoms with Crippen LogP contribution in [0, 0.1) is 0 Å². The minimum atomic E-state index is -0.0151. The molecule has 0 radical (unpaired) electrons. The van der Waals surface area contributed by atoms with Crippen molar-refractivity contribution in [1.29, 1.82) is 0 Å². The molecule has 27 heavy (non-hydrogen) atoms. The number of benzene rings is 1. The van der Waals surface area contributed by atoms with E-state index in [9.17, 15) is 4.79 Å². The summed E-state index contributed by atoms with van der Waals surface area (Å²) in [6, 6.07) is 7.98. The molecule has 1 N–H and O–H groups in total. The maximum Gasteiger partial charge on any atom is 0.234 e. The predicted molar refractivity (Wildman–Crippen MR) is 102 cm³/mol. The fourth-order valence-electron chi connectivity index (χ4n) is 3.51. The number of carbonyl (C=O) groups is 1. The number of hydrogen-bond acceptors (Lipinski definition) is 5. The first-order valence-electron chi connectivity index (χ1n) is 9.02. The molecule has 7 heteroatoms. The van der Waals surface area contributed by atoms with Gasteiger partial charge in [-0.3, -0.25) is 9.69 Å². The lowest BCUT2D eigenvalue weighted by molar-refractivity contribution is -0.123. The molecule has 2 heterocycles. The van der Waals surface area contributed by atoms with Crippen molar-refractivity contribution in [3.63, 3.8) is 0 Å². The van der Waals surface area contributed by atoms with Gasteiger partial charge in [-0.1, -0.05) is 0 Å². The minimum Gasteiger partial charge on any atom is -0.496 e. The summed E-state index contributed by atoms with van der Waals surface area (Å²) < 4.78 is 18.3. The van der Waals surface area contributed by atoms with Crippen molar-refractivity contribution in [2.45, 2.75) is 26.1 Å². The van der Waals surface area contributed by atoms with Gasteiger partial charge < -0.3 is 24.1 Å². The summed E-state index contributed by atoms with van der Waals surface area (Å²) in [5.41, 5.74) is 2.08. The quantitative estimate of drug-likeness (QED) is 0.806. The fourth-order valence-corrected chi connectivity index (χ4v) is 3.51. The van der Waals surface area contributed by atoms with Gasteiger partial charge in [0.25, 0.3) is 0 Å². The Bertz CT molecular complexity index is 803. The van der Waals surface area contributed by atoms with Gasteiger partial charge in [-0.05, 0) is 25.1 Å². The van der Waals surface area contributed by atoms with E-state index in [0.29, 0.717) is 30.3 Å². The number of carbonyl (C=O) groups excluding carboxylic acids is 1. The second kappa shape index (κ2) is 8.35. The van der Waals surface area contributed by atoms with E-state index in [1.54, 1.807) is 27.4 Å². The lowest BCUT2D eigenvalue weighted by Gasteiger charge is -2.34. The highest BCUT2D eigenvalue weighted by Crippen LogP contribution is 2.34. The highest BCUT2D eigenvalue weighted by atomic mass is 16.5. The molecule has 0 saturated heterocycles. The number of nitrogens with one attached hydrogen (secondary N) is 1. The van der Waals surface area contributed by atoms with E-state index in [-0.39, 0.29) is 11.9 Å². The highest BCUT2D eigenvalue weighted by Gasteiger charge is 2.25. The zero-order valence-electron chi connectivity index (χ0n) is 16.3. The number of hydrogen-bond donors (Lipinski definition) is 1. The largest absolute Gasteiger partial charge is 0.496 e. The zero-order chi connectivity index (χ0) is 19.4. The zero-order valence-corrected chi connectivity index (χ0v) is 16.3. The molecule has 2 aromatic rings. The maximum absolute atomic E-state index is 12.5. The van der Waals surface area contributed by atoms with Crippen molar-refractivity contribution < 1.29 is 19.0 Å². The summed E-state index contributed by atoms with van der Waals surface area (Å²) in [6.45, 7) is 4.62. The number of methoxy groups -OCH3 is 3. The van der Waals surface area contributed by atoms with Crippen LogP contribution in [0.2, 0.25) is 0 Å². The Labute approximate surface area is 159 Å². The topological polar surface area (TPSA) is 65.0 Å². The van der Waals surface area contributed by atoms with E-state index >= 15 is 0 Å². The fraction of sp³-hybridized carbons (Fsp3) is 0.450. The van der Waals surface area contributed by atoms with Gasteiger partial charge in [-0.2, -0.15) is 0 Å². The van der Waals surface area contributed by atoms with Crippen LogP contribution in [0.5, 0.6) is 17.2 Å². The van der Waals surface area contributed by atoms with Gasteiger partial charge in [0.2, 0.25) is 5.91 Å². The lowest BCUT2D eigenvalue weighted by Crippen LogP contribution is -2.43. The molecular formula is C20H27N3O4. The first-order valence-corrected chi connectivity index (χ1v) is 9.02. The highest BCUT2D eigenvalue weighted by molar-refractivity contribution is 5.78. The van der Waals surface area contributed by atoms with Crippen LogP contribution in [0.15, 0.2) is 30.5 Å². The second-order valence-corrected chi connectivity index (χ2v) is 6.57. The smallest absolute Gasteiger partial charge is 0.234 e. The van der Waals surface area contributed by atoms with E-state index < -0.39 is 0 Å². The molecule has 3 rings (SSSR count). The van der Waals surface area contributed by atoms with Crippen LogP contribution >= 0.6 is 0 Å². The van der Waals surface area contributed by atoms with Gasteiger partial charge in [-0.25, -0.2) is 0 Å². The molecule has 0 bridgehead atoms. The van der Waals surface area contributed by atoms with Crippen molar-refractivity contribution in [3.05, 3.63) is 41.7 Å². The molecule has 146 valence electrons. The molecule has 0 spiro atoms. The van der Waals surface area contributed by atoms with Crippen molar-refractivity contribution in [2.75, 3.05) is 34.4 Å². The van der Waals surface area contributed by atoms with Gasteiger partial charge in [-0.15, -0.1) is 0 Å². The van der Waals surface area contributed by atoms with E-state index in [2.05, 4.69) is 40.0 Å². The molecule has 7 nitrogen and oxygen atoms in total. The van der Waals surface area contributed by atoms with Crippen molar-refractivity contribution in [1.82, 2.24) is 14.8 Å². The van der Waals surface area contributed by atoms with Crippen LogP contribution in [0.1, 0.15) is 24.2 Å². The monoisotopic (exact) mass is 373 g/mol. The van der Waals surface area contributed by atoms with Crippen molar-refractivity contribution >= 4 is 5.91 Å². The summed E-state index contributed by atoms with van der Waals surface area (Å²) in [4.78, 5) is 14.7. The number of ether oxygens (including phenoxy) is 3. The molecule has 1 aliphatic rings. The van der Waals surface area contributed by atoms with E-state index in [1.807, 2.05) is 6.07 Å². The summed E-state index contributed by atoms with van der Waals surface area (Å²) in [6.07, 6.45) is 2.09. The third-order valence-corrected chi connectivity index (χ3v) is 5.08. The van der Waals surface area contributed by atoms with Gasteiger partial charge in [0, 0.05) is 49.2 Å². The average molecular weight is 373 g/mol. The molecule has 0 saturated carbocycles. The van der Waals surface area contributed by atoms with E-state index in [1.165, 1.54) is 5.69 Å². The molecule has 1 atom stereocenters. The lowest BCUT2D eigenvalue weighted by atomic mass is 10.1. The first-order chi connectivity index (χ1) is 13.1. The normalized spacial score (nSPS) is 16.5. The Morgan fingerprint density at radius 2 is 1.81 bits per heavy atom. The van der Waals surface area contributed by atoms with Crippen LogP contribution in [-0.2, 0) is 17.9 Å². The van der Waals surface area contributed by atoms with E-state index in [4.69, 9.17) is 14.2 Å². The number of amides is 1. The van der Waals surface area contributed by atoms with Gasteiger partial charge in [0.05, 0.1) is 27.9 Å². The van der Waals surface area contributed by atoms with Crippen LogP contribution < -0.4 is 19.5 Å². The third-order valence-electron chi connectivity index (χ3n) is 5.08. The Morgan fingerprint density at radius 1 is 1.11 bits per heavy atom. The van der Waals surface area contributed by atoms with Crippen LogP contribution in [0.4, 0.5) is 0 Å². The Balaban J connectivity index is 1.63. The summed E-state index contributed by atoms with van der Waals surface area (Å²) in [5, 5.41) is 2.98. The molecule has 1 aliphatic heterocycles. The van der Waals surface area contributed by atoms with Crippen molar-refractivity contribution in [3.8, 4) is 17.2 Å². The first kappa shape index (κ1) is 19.1. The Morgan fingerprint density at radius 3 is 2.52 bits per heavy atom. The predicted octanol–water partition coefficient (Wildman–Crippen LogP) is 2.21. The number of aromatic nitrogens is 1. The Hall–Kier alpha value is -2.67. The SMILES string of the molecule is COc1cc(OC)c(OC)cc1CNC(=O)CN1CCn2cccc2C1C. The third kappa shape index (κ3) is 4.03. The molecule has 0 aliphatic carbocycles. The van der Waals surface area contributed by atoms with E-state index in [0.717, 1.165) is 18.7 Å². The van der Waals surface area contributed by atoms with Gasteiger partial charge >= 0.3 is 0 Å². The van der Waals surface area contributed by atoms with Crippen molar-refractivity contribution in [2.24, 2.45) is 0 Å².